The number of fused-ring (bicyclic) bond motifs is 1. The van der Waals surface area contributed by atoms with Crippen molar-refractivity contribution in [3.63, 3.8) is 0 Å². The number of benzene rings is 5. The van der Waals surface area contributed by atoms with Gasteiger partial charge in [-0.25, -0.2) is 9.18 Å². The van der Waals surface area contributed by atoms with Crippen molar-refractivity contribution in [3.8, 4) is 5.75 Å². The van der Waals surface area contributed by atoms with E-state index in [1.807, 2.05) is 30.3 Å². The maximum Gasteiger partial charge on any atom is 0.338 e. The number of rotatable bonds is 8. The molecule has 5 aromatic rings. The van der Waals surface area contributed by atoms with Gasteiger partial charge in [0.05, 0.1) is 17.7 Å². The SMILES string of the molecule is O=C(Cc1ccc(F)c2ccccc12)Nc1cc(Cc2ccccc2COC(=O)c2ccccc2)ccc1O. The van der Waals surface area contributed by atoms with Crippen LogP contribution in [0.3, 0.4) is 0 Å². The van der Waals surface area contributed by atoms with Gasteiger partial charge in [-0.2, -0.15) is 0 Å². The molecule has 0 radical (unpaired) electrons. The zero-order valence-electron chi connectivity index (χ0n) is 21.1. The summed E-state index contributed by atoms with van der Waals surface area (Å²) >= 11 is 0. The van der Waals surface area contributed by atoms with Crippen molar-refractivity contribution in [2.75, 3.05) is 5.32 Å². The van der Waals surface area contributed by atoms with Gasteiger partial charge >= 0.3 is 5.97 Å². The largest absolute Gasteiger partial charge is 0.506 e. The Kier molecular flexibility index (Phi) is 7.64. The van der Waals surface area contributed by atoms with Gasteiger partial charge in [0.15, 0.2) is 0 Å². The quantitative estimate of drug-likeness (QED) is 0.174. The lowest BCUT2D eigenvalue weighted by atomic mass is 9.99. The van der Waals surface area contributed by atoms with Crippen LogP contribution in [-0.4, -0.2) is 17.0 Å². The lowest BCUT2D eigenvalue weighted by molar-refractivity contribution is -0.115. The maximum atomic E-state index is 14.2. The lowest BCUT2D eigenvalue weighted by Crippen LogP contribution is -2.15. The van der Waals surface area contributed by atoms with E-state index in [9.17, 15) is 19.1 Å². The molecule has 0 spiro atoms. The fourth-order valence-electron chi connectivity index (χ4n) is 4.53. The van der Waals surface area contributed by atoms with E-state index in [1.165, 1.54) is 12.1 Å². The number of hydrogen-bond acceptors (Lipinski definition) is 4. The first kappa shape index (κ1) is 25.7. The predicted molar refractivity (Wildman–Crippen MR) is 149 cm³/mol. The standard InChI is InChI=1S/C33H26FNO4/c34-29-16-15-25(27-12-6-7-13-28(27)29)20-32(37)35-30-19-22(14-17-31(30)36)18-24-10-4-5-11-26(24)21-39-33(38)23-8-2-1-3-9-23/h1-17,19,36H,18,20-21H2,(H,35,37). The van der Waals surface area contributed by atoms with E-state index in [-0.39, 0.29) is 36.2 Å². The number of ether oxygens (including phenoxy) is 1. The number of carbonyl (C=O) groups is 2. The average molecular weight is 520 g/mol. The summed E-state index contributed by atoms with van der Waals surface area (Å²) in [5, 5.41) is 14.3. The molecule has 0 unspecified atom stereocenters. The van der Waals surface area contributed by atoms with Gasteiger partial charge < -0.3 is 15.2 Å². The second-order valence-corrected chi connectivity index (χ2v) is 9.22. The van der Waals surface area contributed by atoms with Crippen molar-refractivity contribution in [1.29, 1.82) is 0 Å². The molecule has 0 aliphatic heterocycles. The van der Waals surface area contributed by atoms with Crippen molar-refractivity contribution < 1.29 is 23.8 Å². The fraction of sp³-hybridized carbons (Fsp3) is 0.0909. The third-order valence-corrected chi connectivity index (χ3v) is 6.53. The Balaban J connectivity index is 1.28. The molecule has 6 heteroatoms. The highest BCUT2D eigenvalue weighted by Gasteiger charge is 2.14. The van der Waals surface area contributed by atoms with E-state index in [4.69, 9.17) is 4.74 Å². The minimum absolute atomic E-state index is 0.0279. The van der Waals surface area contributed by atoms with Crippen LogP contribution >= 0.6 is 0 Å². The number of halogens is 1. The Morgan fingerprint density at radius 2 is 1.44 bits per heavy atom. The van der Waals surface area contributed by atoms with Gasteiger partial charge in [0, 0.05) is 5.39 Å². The van der Waals surface area contributed by atoms with Gasteiger partial charge in [0.2, 0.25) is 5.91 Å². The first-order chi connectivity index (χ1) is 19.0. The van der Waals surface area contributed by atoms with Gasteiger partial charge in [-0.15, -0.1) is 0 Å². The number of phenolic OH excluding ortho intramolecular Hbond substituents is 1. The number of esters is 1. The number of carbonyl (C=O) groups excluding carboxylic acids is 2. The number of hydrogen-bond donors (Lipinski definition) is 2. The molecule has 0 saturated heterocycles. The normalized spacial score (nSPS) is 10.8. The van der Waals surface area contributed by atoms with Crippen LogP contribution in [0.1, 0.15) is 32.6 Å². The summed E-state index contributed by atoms with van der Waals surface area (Å²) in [5.41, 5.74) is 4.15. The highest BCUT2D eigenvalue weighted by atomic mass is 19.1. The fourth-order valence-corrected chi connectivity index (χ4v) is 4.53. The van der Waals surface area contributed by atoms with Crippen LogP contribution in [0.2, 0.25) is 0 Å². The van der Waals surface area contributed by atoms with Gasteiger partial charge in [-0.1, -0.05) is 78.9 Å². The van der Waals surface area contributed by atoms with Gasteiger partial charge in [0.25, 0.3) is 0 Å². The molecule has 0 saturated carbocycles. The first-order valence-electron chi connectivity index (χ1n) is 12.5. The number of nitrogens with one attached hydrogen (secondary N) is 1. The van der Waals surface area contributed by atoms with E-state index in [1.54, 1.807) is 66.7 Å². The van der Waals surface area contributed by atoms with E-state index in [0.29, 0.717) is 28.3 Å². The minimum atomic E-state index is -0.394. The Morgan fingerprint density at radius 1 is 0.744 bits per heavy atom. The molecule has 1 amide bonds. The number of aromatic hydroxyl groups is 1. The van der Waals surface area contributed by atoms with E-state index in [0.717, 1.165) is 16.7 Å². The summed E-state index contributed by atoms with van der Waals surface area (Å²) in [6.45, 7) is 0.122. The van der Waals surface area contributed by atoms with Crippen LogP contribution in [0.4, 0.5) is 10.1 Å². The monoisotopic (exact) mass is 519 g/mol. The summed E-state index contributed by atoms with van der Waals surface area (Å²) in [7, 11) is 0. The van der Waals surface area contributed by atoms with Crippen LogP contribution in [-0.2, 0) is 29.0 Å². The second kappa shape index (κ2) is 11.6. The van der Waals surface area contributed by atoms with Crippen molar-refractivity contribution >= 4 is 28.3 Å². The summed E-state index contributed by atoms with van der Waals surface area (Å²) < 4.78 is 19.7. The molecule has 0 aromatic heterocycles. The van der Waals surface area contributed by atoms with Crippen LogP contribution < -0.4 is 5.32 Å². The second-order valence-electron chi connectivity index (χ2n) is 9.22. The third-order valence-electron chi connectivity index (χ3n) is 6.53. The lowest BCUT2D eigenvalue weighted by Gasteiger charge is -2.13. The molecular weight excluding hydrogens is 493 g/mol. The number of phenols is 1. The molecule has 0 aliphatic rings. The highest BCUT2D eigenvalue weighted by molar-refractivity contribution is 5.97. The molecule has 5 rings (SSSR count). The van der Waals surface area contributed by atoms with Crippen LogP contribution in [0.15, 0.2) is 109 Å². The Morgan fingerprint density at radius 3 is 2.23 bits per heavy atom. The third kappa shape index (κ3) is 6.13. The molecular formula is C33H26FNO4. The average Bonchev–Trinajstić information content (AvgIpc) is 2.96. The zero-order chi connectivity index (χ0) is 27.2. The molecule has 39 heavy (non-hydrogen) atoms. The molecule has 2 N–H and O–H groups in total. The smallest absolute Gasteiger partial charge is 0.338 e. The number of amides is 1. The Labute approximate surface area is 225 Å². The molecule has 5 aromatic carbocycles. The van der Waals surface area contributed by atoms with Gasteiger partial charge in [-0.05, 0) is 64.4 Å². The molecule has 0 bridgehead atoms. The highest BCUT2D eigenvalue weighted by Crippen LogP contribution is 2.28. The summed E-state index contributed by atoms with van der Waals surface area (Å²) in [5.74, 6) is -1.11. The Bertz CT molecular complexity index is 1650. The topological polar surface area (TPSA) is 75.6 Å². The van der Waals surface area contributed by atoms with Gasteiger partial charge in [-0.3, -0.25) is 4.79 Å². The van der Waals surface area contributed by atoms with Crippen LogP contribution in [0.5, 0.6) is 5.75 Å². The van der Waals surface area contributed by atoms with E-state index in [2.05, 4.69) is 5.32 Å². The van der Waals surface area contributed by atoms with Crippen LogP contribution in [0.25, 0.3) is 10.8 Å². The van der Waals surface area contributed by atoms with E-state index < -0.39 is 5.97 Å². The summed E-state index contributed by atoms with van der Waals surface area (Å²) in [6.07, 6.45) is 0.533. The van der Waals surface area contributed by atoms with Crippen molar-refractivity contribution in [2.24, 2.45) is 0 Å². The molecule has 0 fully saturated rings. The molecule has 5 nitrogen and oxygen atoms in total. The van der Waals surface area contributed by atoms with Crippen molar-refractivity contribution in [1.82, 2.24) is 0 Å². The molecule has 194 valence electrons. The van der Waals surface area contributed by atoms with Crippen molar-refractivity contribution in [2.45, 2.75) is 19.4 Å². The molecule has 0 heterocycles. The summed E-state index contributed by atoms with van der Waals surface area (Å²) in [6, 6.07) is 31.5. The van der Waals surface area contributed by atoms with Crippen LogP contribution in [0, 0.1) is 5.82 Å². The Hall–Kier alpha value is -4.97. The van der Waals surface area contributed by atoms with Crippen molar-refractivity contribution in [3.05, 3.63) is 143 Å². The molecule has 0 atom stereocenters. The molecule has 0 aliphatic carbocycles. The first-order valence-corrected chi connectivity index (χ1v) is 12.5. The zero-order valence-corrected chi connectivity index (χ0v) is 21.1. The van der Waals surface area contributed by atoms with Gasteiger partial charge in [0.1, 0.15) is 18.2 Å². The van der Waals surface area contributed by atoms with E-state index >= 15 is 0 Å². The number of anilines is 1. The minimum Gasteiger partial charge on any atom is -0.506 e. The predicted octanol–water partition coefficient (Wildman–Crippen LogP) is 6.81. The summed E-state index contributed by atoms with van der Waals surface area (Å²) in [4.78, 5) is 25.3. The maximum absolute atomic E-state index is 14.2.